The lowest BCUT2D eigenvalue weighted by Crippen LogP contribution is -2.37. The Morgan fingerprint density at radius 1 is 1.22 bits per heavy atom. The minimum absolute atomic E-state index is 0.0885. The molecule has 1 aliphatic rings. The van der Waals surface area contributed by atoms with Crippen LogP contribution in [0.15, 0.2) is 18.2 Å². The Hall–Kier alpha value is -1.30. The molecule has 1 saturated heterocycles. The highest BCUT2D eigenvalue weighted by Gasteiger charge is 2.16. The van der Waals surface area contributed by atoms with Crippen LogP contribution in [0.3, 0.4) is 0 Å². The first kappa shape index (κ1) is 18.0. The van der Waals surface area contributed by atoms with Crippen LogP contribution in [0.25, 0.3) is 0 Å². The van der Waals surface area contributed by atoms with Crippen molar-refractivity contribution in [2.45, 2.75) is 38.3 Å². The predicted octanol–water partition coefficient (Wildman–Crippen LogP) is 2.20. The highest BCUT2D eigenvalue weighted by Crippen LogP contribution is 2.29. The molecule has 1 atom stereocenters. The van der Waals surface area contributed by atoms with Crippen molar-refractivity contribution in [3.63, 3.8) is 0 Å². The zero-order valence-electron chi connectivity index (χ0n) is 14.5. The summed E-state index contributed by atoms with van der Waals surface area (Å²) in [5.74, 6) is 1.53. The lowest BCUT2D eigenvalue weighted by molar-refractivity contribution is 0.0820. The van der Waals surface area contributed by atoms with Crippen LogP contribution in [0.4, 0.5) is 0 Å². The van der Waals surface area contributed by atoms with E-state index in [0.29, 0.717) is 0 Å². The predicted molar refractivity (Wildman–Crippen MR) is 92.3 cm³/mol. The van der Waals surface area contributed by atoms with E-state index in [1.165, 1.54) is 5.56 Å². The Morgan fingerprint density at radius 3 is 2.57 bits per heavy atom. The van der Waals surface area contributed by atoms with Crippen LogP contribution < -0.4 is 14.8 Å². The Labute approximate surface area is 139 Å². The Morgan fingerprint density at radius 2 is 1.91 bits per heavy atom. The summed E-state index contributed by atoms with van der Waals surface area (Å²) in [6, 6.07) is 6.33. The molecule has 2 N–H and O–H groups in total. The highest BCUT2D eigenvalue weighted by atomic mass is 16.5. The minimum Gasteiger partial charge on any atom is -0.493 e. The summed E-state index contributed by atoms with van der Waals surface area (Å²) in [4.78, 5) is 2.44. The zero-order chi connectivity index (χ0) is 16.7. The standard InChI is InChI=1S/C18H30N2O3/c1-14(15-5-6-17(22-2)18(13-15)23-3)19-9-4-10-20-11-7-16(21)8-12-20/h5-6,13-14,16,19,21H,4,7-12H2,1-3H3. The second kappa shape index (κ2) is 9.11. The summed E-state index contributed by atoms with van der Waals surface area (Å²) in [7, 11) is 3.31. The second-order valence-corrected chi connectivity index (χ2v) is 6.22. The van der Waals surface area contributed by atoms with Crippen LogP contribution in [0, 0.1) is 0 Å². The van der Waals surface area contributed by atoms with Gasteiger partial charge in [0.05, 0.1) is 20.3 Å². The molecule has 1 aromatic carbocycles. The molecule has 5 nitrogen and oxygen atoms in total. The molecule has 0 radical (unpaired) electrons. The van der Waals surface area contributed by atoms with Gasteiger partial charge in [0, 0.05) is 19.1 Å². The third kappa shape index (κ3) is 5.37. The molecule has 23 heavy (non-hydrogen) atoms. The molecular weight excluding hydrogens is 292 g/mol. The number of likely N-dealkylation sites (tertiary alicyclic amines) is 1. The number of piperidine rings is 1. The van der Waals surface area contributed by atoms with Gasteiger partial charge in [0.1, 0.15) is 0 Å². The number of hydrogen-bond donors (Lipinski definition) is 2. The fourth-order valence-corrected chi connectivity index (χ4v) is 3.00. The molecular formula is C18H30N2O3. The van der Waals surface area contributed by atoms with Gasteiger partial charge in [-0.2, -0.15) is 0 Å². The molecule has 130 valence electrons. The first-order valence-corrected chi connectivity index (χ1v) is 8.49. The van der Waals surface area contributed by atoms with Crippen LogP contribution in [0.2, 0.25) is 0 Å². The number of ether oxygens (including phenoxy) is 2. The van der Waals surface area contributed by atoms with Crippen molar-refractivity contribution in [1.29, 1.82) is 0 Å². The molecule has 1 fully saturated rings. The average molecular weight is 322 g/mol. The minimum atomic E-state index is -0.0885. The Kier molecular flexibility index (Phi) is 7.15. The summed E-state index contributed by atoms with van der Waals surface area (Å²) in [5.41, 5.74) is 1.20. The number of rotatable bonds is 8. The van der Waals surface area contributed by atoms with Gasteiger partial charge >= 0.3 is 0 Å². The van der Waals surface area contributed by atoms with E-state index < -0.39 is 0 Å². The maximum Gasteiger partial charge on any atom is 0.161 e. The van der Waals surface area contributed by atoms with E-state index in [4.69, 9.17) is 9.47 Å². The molecule has 0 spiro atoms. The molecule has 0 saturated carbocycles. The summed E-state index contributed by atoms with van der Waals surface area (Å²) in [5, 5.41) is 13.1. The molecule has 0 aliphatic carbocycles. The fourth-order valence-electron chi connectivity index (χ4n) is 3.00. The summed E-state index contributed by atoms with van der Waals surface area (Å²) >= 11 is 0. The van der Waals surface area contributed by atoms with Crippen molar-refractivity contribution in [2.75, 3.05) is 40.4 Å². The zero-order valence-corrected chi connectivity index (χ0v) is 14.5. The Balaban J connectivity index is 1.73. The van der Waals surface area contributed by atoms with E-state index >= 15 is 0 Å². The van der Waals surface area contributed by atoms with E-state index in [-0.39, 0.29) is 12.1 Å². The van der Waals surface area contributed by atoms with Crippen LogP contribution in [0.1, 0.15) is 37.8 Å². The van der Waals surface area contributed by atoms with Crippen LogP contribution in [-0.4, -0.2) is 56.5 Å². The molecule has 1 unspecified atom stereocenters. The largest absolute Gasteiger partial charge is 0.493 e. The third-order valence-electron chi connectivity index (χ3n) is 4.57. The van der Waals surface area contributed by atoms with Crippen molar-refractivity contribution in [3.8, 4) is 11.5 Å². The molecule has 1 heterocycles. The van der Waals surface area contributed by atoms with Gasteiger partial charge < -0.3 is 24.8 Å². The quantitative estimate of drug-likeness (QED) is 0.719. The van der Waals surface area contributed by atoms with Gasteiger partial charge in [-0.3, -0.25) is 0 Å². The second-order valence-electron chi connectivity index (χ2n) is 6.22. The van der Waals surface area contributed by atoms with Crippen molar-refractivity contribution in [3.05, 3.63) is 23.8 Å². The molecule has 1 aliphatic heterocycles. The molecule has 1 aromatic rings. The first-order chi connectivity index (χ1) is 11.1. The SMILES string of the molecule is COc1ccc(C(C)NCCCN2CCC(O)CC2)cc1OC. The molecule has 0 bridgehead atoms. The molecule has 5 heteroatoms. The highest BCUT2D eigenvalue weighted by molar-refractivity contribution is 5.43. The van der Waals surface area contributed by atoms with Gasteiger partial charge in [0.2, 0.25) is 0 Å². The van der Waals surface area contributed by atoms with E-state index in [9.17, 15) is 5.11 Å². The smallest absolute Gasteiger partial charge is 0.161 e. The number of aliphatic hydroxyl groups excluding tert-OH is 1. The Bertz CT molecular complexity index is 473. The maximum atomic E-state index is 9.52. The summed E-state index contributed by atoms with van der Waals surface area (Å²) in [6.07, 6.45) is 2.85. The first-order valence-electron chi connectivity index (χ1n) is 8.49. The average Bonchev–Trinajstić information content (AvgIpc) is 2.59. The number of aliphatic hydroxyl groups is 1. The fraction of sp³-hybridized carbons (Fsp3) is 0.667. The van der Waals surface area contributed by atoms with E-state index in [2.05, 4.69) is 23.2 Å². The number of nitrogens with one attached hydrogen (secondary N) is 1. The van der Waals surface area contributed by atoms with Crippen molar-refractivity contribution < 1.29 is 14.6 Å². The molecule has 0 amide bonds. The summed E-state index contributed by atoms with van der Waals surface area (Å²) < 4.78 is 10.6. The van der Waals surface area contributed by atoms with Crippen molar-refractivity contribution in [2.24, 2.45) is 0 Å². The van der Waals surface area contributed by atoms with Gasteiger partial charge in [0.15, 0.2) is 11.5 Å². The van der Waals surface area contributed by atoms with Crippen molar-refractivity contribution >= 4 is 0 Å². The normalized spacial score (nSPS) is 17.9. The lowest BCUT2D eigenvalue weighted by Gasteiger charge is -2.29. The van der Waals surface area contributed by atoms with E-state index in [0.717, 1.165) is 56.9 Å². The number of methoxy groups -OCH3 is 2. The maximum absolute atomic E-state index is 9.52. The topological polar surface area (TPSA) is 54.0 Å². The molecule has 0 aromatic heterocycles. The van der Waals surface area contributed by atoms with Crippen LogP contribution in [0.5, 0.6) is 11.5 Å². The van der Waals surface area contributed by atoms with Gasteiger partial charge in [-0.15, -0.1) is 0 Å². The van der Waals surface area contributed by atoms with Gasteiger partial charge in [0.25, 0.3) is 0 Å². The lowest BCUT2D eigenvalue weighted by atomic mass is 10.1. The summed E-state index contributed by atoms with van der Waals surface area (Å²) in [6.45, 7) is 6.28. The number of nitrogens with zero attached hydrogens (tertiary/aromatic N) is 1. The number of benzene rings is 1. The van der Waals surface area contributed by atoms with Gasteiger partial charge in [-0.1, -0.05) is 6.07 Å². The van der Waals surface area contributed by atoms with E-state index in [1.54, 1.807) is 14.2 Å². The number of hydrogen-bond acceptors (Lipinski definition) is 5. The molecule has 2 rings (SSSR count). The van der Waals surface area contributed by atoms with E-state index in [1.807, 2.05) is 12.1 Å². The monoisotopic (exact) mass is 322 g/mol. The van der Waals surface area contributed by atoms with Gasteiger partial charge in [-0.25, -0.2) is 0 Å². The van der Waals surface area contributed by atoms with Crippen LogP contribution in [-0.2, 0) is 0 Å². The third-order valence-corrected chi connectivity index (χ3v) is 4.57. The van der Waals surface area contributed by atoms with Crippen molar-refractivity contribution in [1.82, 2.24) is 10.2 Å². The van der Waals surface area contributed by atoms with Gasteiger partial charge in [-0.05, 0) is 57.0 Å². The van der Waals surface area contributed by atoms with Crippen LogP contribution >= 0.6 is 0 Å².